The first-order valence-electron chi connectivity index (χ1n) is 4.78. The smallest absolute Gasteiger partial charge is 0.196 e. The van der Waals surface area contributed by atoms with E-state index in [-0.39, 0.29) is 18.1 Å². The van der Waals surface area contributed by atoms with Crippen LogP contribution in [0.2, 0.25) is 0 Å². The first-order valence-corrected chi connectivity index (χ1v) is 4.78. The zero-order valence-electron chi connectivity index (χ0n) is 8.56. The summed E-state index contributed by atoms with van der Waals surface area (Å²) in [4.78, 5) is 0. The van der Waals surface area contributed by atoms with Crippen molar-refractivity contribution in [1.82, 2.24) is 10.6 Å². The molecule has 0 aliphatic carbocycles. The van der Waals surface area contributed by atoms with E-state index in [4.69, 9.17) is 22.3 Å². The van der Waals surface area contributed by atoms with E-state index >= 15 is 0 Å². The molecule has 0 aliphatic heterocycles. The number of nitrogens with one attached hydrogen (secondary N) is 4. The third-order valence-electron chi connectivity index (χ3n) is 1.71. The lowest BCUT2D eigenvalue weighted by Gasteiger charge is -2.15. The van der Waals surface area contributed by atoms with Gasteiger partial charge in [-0.1, -0.05) is 26.2 Å². The van der Waals surface area contributed by atoms with Crippen molar-refractivity contribution in [1.29, 1.82) is 10.8 Å². The lowest BCUT2D eigenvalue weighted by Crippen LogP contribution is -2.50. The van der Waals surface area contributed by atoms with Crippen LogP contribution in [0.15, 0.2) is 0 Å². The Labute approximate surface area is 84.4 Å². The summed E-state index contributed by atoms with van der Waals surface area (Å²) in [5.74, 6) is -0.287. The Balaban J connectivity index is 3.55. The number of unbranched alkanes of at least 4 members (excludes halogenated alkanes) is 2. The van der Waals surface area contributed by atoms with Crippen LogP contribution in [0.25, 0.3) is 0 Å². The molecule has 0 heterocycles. The molecule has 0 saturated carbocycles. The second kappa shape index (κ2) is 7.14. The second-order valence-corrected chi connectivity index (χ2v) is 3.16. The van der Waals surface area contributed by atoms with Gasteiger partial charge in [0.2, 0.25) is 0 Å². The molecule has 0 aromatic heterocycles. The summed E-state index contributed by atoms with van der Waals surface area (Å²) < 4.78 is 0. The van der Waals surface area contributed by atoms with Crippen molar-refractivity contribution in [2.45, 2.75) is 38.8 Å². The number of hydrogen-bond donors (Lipinski definition) is 6. The Morgan fingerprint density at radius 2 is 2.00 bits per heavy atom. The molecule has 0 fully saturated rings. The van der Waals surface area contributed by atoms with Gasteiger partial charge in [-0.3, -0.25) is 16.1 Å². The molecule has 8 N–H and O–H groups in total. The molecule has 0 aromatic carbocycles. The van der Waals surface area contributed by atoms with E-state index in [1.807, 2.05) is 0 Å². The topological polar surface area (TPSA) is 124 Å². The number of guanidine groups is 2. The van der Waals surface area contributed by atoms with Gasteiger partial charge in [0.05, 0.1) is 6.17 Å². The van der Waals surface area contributed by atoms with E-state index in [1.165, 1.54) is 0 Å². The summed E-state index contributed by atoms with van der Waals surface area (Å²) >= 11 is 0. The maximum Gasteiger partial charge on any atom is 0.196 e. The standard InChI is InChI=1S/C8H20N6/c1-2-3-4-5-6(9)13-8(12)14-7(10)11/h6H,2-5,9H2,1H3,(H6,10,11,12,13,14). The van der Waals surface area contributed by atoms with Gasteiger partial charge in [0.25, 0.3) is 0 Å². The van der Waals surface area contributed by atoms with E-state index in [1.54, 1.807) is 0 Å². The van der Waals surface area contributed by atoms with Gasteiger partial charge in [0.1, 0.15) is 0 Å². The van der Waals surface area contributed by atoms with Gasteiger partial charge in [-0.2, -0.15) is 0 Å². The predicted molar refractivity (Wildman–Crippen MR) is 58.0 cm³/mol. The Kier molecular flexibility index (Phi) is 6.47. The first kappa shape index (κ1) is 12.7. The lowest BCUT2D eigenvalue weighted by atomic mass is 10.2. The van der Waals surface area contributed by atoms with Crippen molar-refractivity contribution in [3.8, 4) is 0 Å². The van der Waals surface area contributed by atoms with Gasteiger partial charge >= 0.3 is 0 Å². The van der Waals surface area contributed by atoms with E-state index in [2.05, 4.69) is 17.6 Å². The highest BCUT2D eigenvalue weighted by Gasteiger charge is 2.03. The molecular formula is C8H20N6. The molecule has 1 unspecified atom stereocenters. The largest absolute Gasteiger partial charge is 0.370 e. The normalized spacial score (nSPS) is 11.9. The predicted octanol–water partition coefficient (Wildman–Crippen LogP) is -0.141. The minimum Gasteiger partial charge on any atom is -0.370 e. The summed E-state index contributed by atoms with van der Waals surface area (Å²) in [5, 5.41) is 19.2. The maximum absolute atomic E-state index is 7.31. The van der Waals surface area contributed by atoms with Gasteiger partial charge in [-0.25, -0.2) is 0 Å². The minimum absolute atomic E-state index is 0.0264. The van der Waals surface area contributed by atoms with Crippen molar-refractivity contribution in [2.75, 3.05) is 0 Å². The summed E-state index contributed by atoms with van der Waals surface area (Å²) in [6, 6.07) is 0. The molecule has 6 heteroatoms. The van der Waals surface area contributed by atoms with Crippen LogP contribution >= 0.6 is 0 Å². The van der Waals surface area contributed by atoms with Crippen LogP contribution < -0.4 is 22.1 Å². The Bertz CT molecular complexity index is 190. The van der Waals surface area contributed by atoms with Crippen molar-refractivity contribution in [3.05, 3.63) is 0 Å². The average molecular weight is 200 g/mol. The number of nitrogens with two attached hydrogens (primary N) is 2. The monoisotopic (exact) mass is 200 g/mol. The van der Waals surface area contributed by atoms with Crippen molar-refractivity contribution in [2.24, 2.45) is 11.5 Å². The molecule has 0 saturated heterocycles. The van der Waals surface area contributed by atoms with E-state index in [9.17, 15) is 0 Å². The van der Waals surface area contributed by atoms with Gasteiger partial charge in [0, 0.05) is 0 Å². The summed E-state index contributed by atoms with van der Waals surface area (Å²) in [6.45, 7) is 2.12. The fraction of sp³-hybridized carbons (Fsp3) is 0.750. The van der Waals surface area contributed by atoms with Gasteiger partial charge in [-0.15, -0.1) is 0 Å². The molecule has 0 rings (SSSR count). The fourth-order valence-electron chi connectivity index (χ4n) is 1.04. The van der Waals surface area contributed by atoms with Gasteiger partial charge in [-0.05, 0) is 6.42 Å². The Morgan fingerprint density at radius 1 is 1.36 bits per heavy atom. The SMILES string of the molecule is CCCCCC(N)NC(=N)NC(=N)N. The number of hydrogen-bond acceptors (Lipinski definition) is 3. The van der Waals surface area contributed by atoms with Crippen molar-refractivity contribution in [3.63, 3.8) is 0 Å². The molecule has 0 spiro atoms. The molecule has 1 atom stereocenters. The van der Waals surface area contributed by atoms with Crippen molar-refractivity contribution < 1.29 is 0 Å². The van der Waals surface area contributed by atoms with Crippen LogP contribution in [0.5, 0.6) is 0 Å². The molecule has 0 amide bonds. The summed E-state index contributed by atoms with van der Waals surface area (Å²) in [7, 11) is 0. The Morgan fingerprint density at radius 3 is 2.50 bits per heavy atom. The van der Waals surface area contributed by atoms with E-state index in [0.29, 0.717) is 0 Å². The Hall–Kier alpha value is -1.30. The van der Waals surface area contributed by atoms with Crippen molar-refractivity contribution >= 4 is 11.9 Å². The highest BCUT2D eigenvalue weighted by molar-refractivity contribution is 5.94. The molecule has 82 valence electrons. The van der Waals surface area contributed by atoms with E-state index < -0.39 is 0 Å². The molecule has 0 radical (unpaired) electrons. The molecule has 0 aromatic rings. The van der Waals surface area contributed by atoms with Crippen LogP contribution in [-0.2, 0) is 0 Å². The highest BCUT2D eigenvalue weighted by Crippen LogP contribution is 1.99. The molecule has 0 aliphatic rings. The maximum atomic E-state index is 7.31. The minimum atomic E-state index is -0.261. The molecule has 14 heavy (non-hydrogen) atoms. The zero-order chi connectivity index (χ0) is 11.0. The zero-order valence-corrected chi connectivity index (χ0v) is 8.56. The quantitative estimate of drug-likeness (QED) is 0.160. The van der Waals surface area contributed by atoms with Gasteiger partial charge in [0.15, 0.2) is 11.9 Å². The molecule has 0 bridgehead atoms. The van der Waals surface area contributed by atoms with Crippen LogP contribution in [0.3, 0.4) is 0 Å². The third kappa shape index (κ3) is 7.35. The van der Waals surface area contributed by atoms with Crippen LogP contribution in [-0.4, -0.2) is 18.1 Å². The third-order valence-corrected chi connectivity index (χ3v) is 1.71. The summed E-state index contributed by atoms with van der Waals surface area (Å²) in [5.41, 5.74) is 10.7. The molecule has 6 nitrogen and oxygen atoms in total. The fourth-order valence-corrected chi connectivity index (χ4v) is 1.04. The number of rotatable bonds is 5. The van der Waals surface area contributed by atoms with Crippen LogP contribution in [0, 0.1) is 10.8 Å². The van der Waals surface area contributed by atoms with E-state index in [0.717, 1.165) is 25.7 Å². The second-order valence-electron chi connectivity index (χ2n) is 3.16. The first-order chi connectivity index (χ1) is 6.56. The van der Waals surface area contributed by atoms with Crippen LogP contribution in [0.1, 0.15) is 32.6 Å². The highest BCUT2D eigenvalue weighted by atomic mass is 15.2. The lowest BCUT2D eigenvalue weighted by molar-refractivity contribution is 0.531. The molecular weight excluding hydrogens is 180 g/mol. The summed E-state index contributed by atoms with van der Waals surface area (Å²) in [6.07, 6.45) is 3.90. The van der Waals surface area contributed by atoms with Gasteiger partial charge < -0.3 is 16.8 Å². The average Bonchev–Trinajstić information content (AvgIpc) is 2.02. The van der Waals surface area contributed by atoms with Crippen LogP contribution in [0.4, 0.5) is 0 Å².